The summed E-state index contributed by atoms with van der Waals surface area (Å²) in [5.41, 5.74) is 8.64. The molecule has 5 aliphatic rings. The average molecular weight is 291 g/mol. The fraction of sp³-hybridized carbons (Fsp3) is 0.524. The molecule has 0 N–H and O–H groups in total. The molecule has 0 bridgehead atoms. The topological polar surface area (TPSA) is 3.24 Å². The van der Waals surface area contributed by atoms with Crippen LogP contribution in [0.2, 0.25) is 0 Å². The van der Waals surface area contributed by atoms with E-state index in [1.165, 1.54) is 44.9 Å². The second-order valence-corrected chi connectivity index (χ2v) is 7.51. The van der Waals surface area contributed by atoms with Crippen molar-refractivity contribution in [2.45, 2.75) is 44.9 Å². The molecule has 2 aliphatic heterocycles. The highest BCUT2D eigenvalue weighted by Gasteiger charge is 2.39. The zero-order valence-corrected chi connectivity index (χ0v) is 13.4. The van der Waals surface area contributed by atoms with E-state index in [9.17, 15) is 0 Å². The van der Waals surface area contributed by atoms with Gasteiger partial charge >= 0.3 is 0 Å². The minimum atomic E-state index is 0.694. The van der Waals surface area contributed by atoms with Crippen LogP contribution in [-0.4, -0.2) is 18.0 Å². The SMILES string of the molecule is C1=CCN2CC3=C4C=CCCC4CCC4=C3C(CCC4)C2=C1. The van der Waals surface area contributed by atoms with Gasteiger partial charge in [-0.05, 0) is 73.7 Å². The van der Waals surface area contributed by atoms with Gasteiger partial charge < -0.3 is 4.90 Å². The molecule has 2 heterocycles. The van der Waals surface area contributed by atoms with Gasteiger partial charge in [-0.15, -0.1) is 0 Å². The first-order chi connectivity index (χ1) is 10.9. The Balaban J connectivity index is 1.71. The molecule has 0 amide bonds. The Morgan fingerprint density at radius 1 is 1.05 bits per heavy atom. The summed E-state index contributed by atoms with van der Waals surface area (Å²) in [6.07, 6.45) is 21.4. The molecule has 0 aromatic heterocycles. The number of hydrogen-bond donors (Lipinski definition) is 0. The molecule has 0 saturated carbocycles. The van der Waals surface area contributed by atoms with Crippen molar-refractivity contribution in [1.82, 2.24) is 4.90 Å². The van der Waals surface area contributed by atoms with Crippen LogP contribution in [0.25, 0.3) is 0 Å². The Hall–Kier alpha value is -1.50. The standard InChI is InChI=1S/C21H25N/c1-2-8-17-15(6-1)11-12-16-7-5-9-18-20-10-3-4-13-22(20)14-19(17)21(16)18/h2-4,8,10,15,18H,1,5-7,9,11-14H2. The van der Waals surface area contributed by atoms with E-state index < -0.39 is 0 Å². The van der Waals surface area contributed by atoms with Gasteiger partial charge in [0.15, 0.2) is 0 Å². The van der Waals surface area contributed by atoms with E-state index in [1.54, 1.807) is 22.4 Å². The van der Waals surface area contributed by atoms with Crippen LogP contribution in [0.1, 0.15) is 44.9 Å². The van der Waals surface area contributed by atoms with Crippen molar-refractivity contribution in [1.29, 1.82) is 0 Å². The fourth-order valence-corrected chi connectivity index (χ4v) is 5.40. The minimum absolute atomic E-state index is 0.694. The smallest absolute Gasteiger partial charge is 0.0436 e. The van der Waals surface area contributed by atoms with Crippen molar-refractivity contribution in [2.75, 3.05) is 13.1 Å². The predicted molar refractivity (Wildman–Crippen MR) is 91.3 cm³/mol. The molecule has 1 heteroatoms. The van der Waals surface area contributed by atoms with Crippen molar-refractivity contribution < 1.29 is 0 Å². The molecule has 22 heavy (non-hydrogen) atoms. The third-order valence-corrected chi connectivity index (χ3v) is 6.39. The van der Waals surface area contributed by atoms with Crippen molar-refractivity contribution in [3.8, 4) is 0 Å². The van der Waals surface area contributed by atoms with E-state index in [0.717, 1.165) is 19.0 Å². The average Bonchev–Trinajstić information content (AvgIpc) is 2.74. The van der Waals surface area contributed by atoms with Gasteiger partial charge in [-0.25, -0.2) is 0 Å². The number of hydrogen-bond acceptors (Lipinski definition) is 1. The van der Waals surface area contributed by atoms with Crippen LogP contribution in [0.5, 0.6) is 0 Å². The maximum absolute atomic E-state index is 2.64. The summed E-state index contributed by atoms with van der Waals surface area (Å²) < 4.78 is 0. The largest absolute Gasteiger partial charge is 0.366 e. The Kier molecular flexibility index (Phi) is 2.96. The van der Waals surface area contributed by atoms with E-state index >= 15 is 0 Å². The van der Waals surface area contributed by atoms with Crippen LogP contribution < -0.4 is 0 Å². The summed E-state index contributed by atoms with van der Waals surface area (Å²) in [7, 11) is 0. The lowest BCUT2D eigenvalue weighted by atomic mass is 9.72. The van der Waals surface area contributed by atoms with Gasteiger partial charge in [0.05, 0.1) is 0 Å². The normalized spacial score (nSPS) is 33.1. The predicted octanol–water partition coefficient (Wildman–Crippen LogP) is 4.91. The van der Waals surface area contributed by atoms with Crippen LogP contribution >= 0.6 is 0 Å². The van der Waals surface area contributed by atoms with Gasteiger partial charge in [-0.1, -0.05) is 29.9 Å². The molecular formula is C21H25N. The van der Waals surface area contributed by atoms with Crippen LogP contribution in [0.3, 0.4) is 0 Å². The zero-order chi connectivity index (χ0) is 14.5. The zero-order valence-electron chi connectivity index (χ0n) is 13.4. The van der Waals surface area contributed by atoms with Crippen molar-refractivity contribution in [2.24, 2.45) is 11.8 Å². The minimum Gasteiger partial charge on any atom is -0.366 e. The number of rotatable bonds is 0. The van der Waals surface area contributed by atoms with Gasteiger partial charge in [0.2, 0.25) is 0 Å². The van der Waals surface area contributed by atoms with Gasteiger partial charge in [-0.3, -0.25) is 0 Å². The lowest BCUT2D eigenvalue weighted by Crippen LogP contribution is -2.39. The summed E-state index contributed by atoms with van der Waals surface area (Å²) >= 11 is 0. The molecule has 2 unspecified atom stereocenters. The lowest BCUT2D eigenvalue weighted by Gasteiger charge is -2.44. The molecule has 3 aliphatic carbocycles. The molecule has 0 radical (unpaired) electrons. The molecule has 0 aromatic rings. The third-order valence-electron chi connectivity index (χ3n) is 6.39. The monoisotopic (exact) mass is 291 g/mol. The molecule has 0 spiro atoms. The van der Waals surface area contributed by atoms with E-state index in [4.69, 9.17) is 0 Å². The van der Waals surface area contributed by atoms with Crippen molar-refractivity contribution >= 4 is 0 Å². The Morgan fingerprint density at radius 3 is 3.05 bits per heavy atom. The number of nitrogens with zero attached hydrogens (tertiary/aromatic N) is 1. The lowest BCUT2D eigenvalue weighted by molar-refractivity contribution is 0.319. The van der Waals surface area contributed by atoms with Crippen LogP contribution in [0.4, 0.5) is 0 Å². The van der Waals surface area contributed by atoms with Gasteiger partial charge in [0.1, 0.15) is 0 Å². The van der Waals surface area contributed by atoms with Gasteiger partial charge in [0.25, 0.3) is 0 Å². The van der Waals surface area contributed by atoms with E-state index in [-0.39, 0.29) is 0 Å². The third kappa shape index (κ3) is 1.84. The first-order valence-corrected chi connectivity index (χ1v) is 9.15. The first-order valence-electron chi connectivity index (χ1n) is 9.15. The summed E-state index contributed by atoms with van der Waals surface area (Å²) in [5, 5.41) is 0. The van der Waals surface area contributed by atoms with Crippen molar-refractivity contribution in [3.05, 3.63) is 58.4 Å². The van der Waals surface area contributed by atoms with E-state index in [2.05, 4.69) is 35.3 Å². The molecule has 5 rings (SSSR count). The Labute approximate surface area is 133 Å². The summed E-state index contributed by atoms with van der Waals surface area (Å²) in [5.74, 6) is 1.52. The number of fused-ring (bicyclic) bond motifs is 3. The van der Waals surface area contributed by atoms with Gasteiger partial charge in [-0.2, -0.15) is 0 Å². The maximum atomic E-state index is 2.64. The molecule has 0 aromatic carbocycles. The van der Waals surface area contributed by atoms with Crippen LogP contribution in [0, 0.1) is 11.8 Å². The summed E-state index contributed by atoms with van der Waals surface area (Å²) in [6.45, 7) is 2.26. The van der Waals surface area contributed by atoms with E-state index in [1.807, 2.05) is 5.57 Å². The van der Waals surface area contributed by atoms with Crippen LogP contribution in [-0.2, 0) is 0 Å². The molecule has 114 valence electrons. The van der Waals surface area contributed by atoms with E-state index in [0.29, 0.717) is 5.92 Å². The second-order valence-electron chi connectivity index (χ2n) is 7.51. The Morgan fingerprint density at radius 2 is 2.05 bits per heavy atom. The molecule has 2 atom stereocenters. The summed E-state index contributed by atoms with van der Waals surface area (Å²) in [4.78, 5) is 2.64. The van der Waals surface area contributed by atoms with Gasteiger partial charge in [0, 0.05) is 24.7 Å². The molecule has 1 nitrogen and oxygen atoms in total. The quantitative estimate of drug-likeness (QED) is 0.613. The second kappa shape index (κ2) is 5.01. The highest BCUT2D eigenvalue weighted by molar-refractivity contribution is 5.54. The highest BCUT2D eigenvalue weighted by atomic mass is 15.1. The fourth-order valence-electron chi connectivity index (χ4n) is 5.40. The number of piperidine rings is 1. The van der Waals surface area contributed by atoms with Crippen LogP contribution in [0.15, 0.2) is 58.4 Å². The number of allylic oxidation sites excluding steroid dienone is 7. The molecule has 1 fully saturated rings. The highest BCUT2D eigenvalue weighted by Crippen LogP contribution is 2.50. The molecular weight excluding hydrogens is 266 g/mol. The Bertz CT molecular complexity index is 655. The molecule has 1 saturated heterocycles. The van der Waals surface area contributed by atoms with Crippen molar-refractivity contribution in [3.63, 3.8) is 0 Å². The first kappa shape index (κ1) is 13.0. The maximum Gasteiger partial charge on any atom is 0.0436 e. The summed E-state index contributed by atoms with van der Waals surface area (Å²) in [6, 6.07) is 0.